The average molecular weight is 277 g/mol. The largest absolute Gasteiger partial charge is 0.463 e. The highest BCUT2D eigenvalue weighted by Gasteiger charge is 2.09. The normalized spacial score (nSPS) is 13.1. The summed E-state index contributed by atoms with van der Waals surface area (Å²) in [7, 11) is 0. The van der Waals surface area contributed by atoms with E-state index in [-0.39, 0.29) is 16.9 Å². The van der Waals surface area contributed by atoms with Crippen LogP contribution in [0, 0.1) is 0 Å². The Morgan fingerprint density at radius 1 is 1.50 bits per heavy atom. The first-order valence-electron chi connectivity index (χ1n) is 6.09. The van der Waals surface area contributed by atoms with Gasteiger partial charge in [-0.15, -0.1) is 0 Å². The highest BCUT2D eigenvalue weighted by molar-refractivity contribution is 5.81. The van der Waals surface area contributed by atoms with E-state index < -0.39 is 0 Å². The van der Waals surface area contributed by atoms with Crippen LogP contribution in [0.5, 0.6) is 0 Å². The van der Waals surface area contributed by atoms with E-state index in [2.05, 4.69) is 37.2 Å². The maximum absolute atomic E-state index is 10.7. The fourth-order valence-corrected chi connectivity index (χ4v) is 1.52. The van der Waals surface area contributed by atoms with Crippen molar-refractivity contribution >= 4 is 16.9 Å². The molecule has 6 heteroatoms. The van der Waals surface area contributed by atoms with Crippen LogP contribution in [0.25, 0.3) is 0 Å². The van der Waals surface area contributed by atoms with E-state index in [0.29, 0.717) is 6.61 Å². The van der Waals surface area contributed by atoms with E-state index in [0.717, 1.165) is 32.6 Å². The number of hydrogen-bond donors (Lipinski definition) is 0. The van der Waals surface area contributed by atoms with Crippen molar-refractivity contribution in [2.24, 2.45) is 0 Å². The number of hydrogen-bond acceptors (Lipinski definition) is 4. The van der Waals surface area contributed by atoms with Gasteiger partial charge in [0.2, 0.25) is 0 Å². The first kappa shape index (κ1) is 16.7. The summed E-state index contributed by atoms with van der Waals surface area (Å²) in [6.07, 6.45) is 7.35. The minimum Gasteiger partial charge on any atom is -0.463 e. The molecule has 0 aliphatic carbocycles. The van der Waals surface area contributed by atoms with Crippen molar-refractivity contribution in [1.82, 2.24) is 9.80 Å². The smallest absolute Gasteiger partial charge is 0.330 e. The standard InChI is InChI=1S/C12H20N2O2.FH.H3Si/c1-3-12(15)16-10-6-5-7-14-9-8-13(4-2)11-14;;/h3,8-9H,1,4-7,10-11H2,2H3;1H;1H3/q;;-1/i/hT. The summed E-state index contributed by atoms with van der Waals surface area (Å²) in [6, 6.07) is 0. The lowest BCUT2D eigenvalue weighted by Gasteiger charge is -2.19. The topological polar surface area (TPSA) is 32.8 Å². The molecule has 106 valence electrons. The molecular weight excluding hydrogens is 251 g/mol. The molecule has 1 aliphatic rings. The van der Waals surface area contributed by atoms with Gasteiger partial charge in [-0.3, -0.25) is 4.72 Å². The Bertz CT molecular complexity index is 280. The van der Waals surface area contributed by atoms with Gasteiger partial charge in [0, 0.05) is 31.6 Å². The van der Waals surface area contributed by atoms with Gasteiger partial charge >= 0.3 is 5.97 Å². The number of rotatable bonds is 7. The highest BCUT2D eigenvalue weighted by Crippen LogP contribution is 2.07. The van der Waals surface area contributed by atoms with E-state index in [9.17, 15) is 4.79 Å². The predicted octanol–water partition coefficient (Wildman–Crippen LogP) is 0.531. The Morgan fingerprint density at radius 3 is 2.72 bits per heavy atom. The lowest BCUT2D eigenvalue weighted by molar-refractivity contribution is -0.137. The average Bonchev–Trinajstić information content (AvgIpc) is 2.88. The molecule has 0 aromatic rings. The van der Waals surface area contributed by atoms with Gasteiger partial charge in [-0.2, -0.15) is 0 Å². The maximum atomic E-state index is 10.7. The van der Waals surface area contributed by atoms with Crippen LogP contribution in [0.3, 0.4) is 0 Å². The predicted molar refractivity (Wildman–Crippen MR) is 75.9 cm³/mol. The molecule has 0 aromatic heterocycles. The molecule has 0 saturated carbocycles. The van der Waals surface area contributed by atoms with Crippen LogP contribution in [-0.2, 0) is 9.53 Å². The number of carbonyl (C=O) groups excluding carboxylic acids is 1. The molecule has 1 rings (SSSR count). The minimum atomic E-state index is -0.335. The third-order valence-electron chi connectivity index (χ3n) is 2.51. The summed E-state index contributed by atoms with van der Waals surface area (Å²) in [5.41, 5.74) is 0. The van der Waals surface area contributed by atoms with Gasteiger partial charge in [0.05, 0.1) is 13.3 Å². The van der Waals surface area contributed by atoms with Crippen LogP contribution in [-0.4, -0.2) is 54.6 Å². The van der Waals surface area contributed by atoms with Crippen LogP contribution in [0.2, 0.25) is 0 Å². The fraction of sp³-hybridized carbons (Fsp3) is 0.583. The van der Waals surface area contributed by atoms with Crippen LogP contribution >= 0.6 is 0 Å². The van der Waals surface area contributed by atoms with Gasteiger partial charge in [0.1, 0.15) is 0 Å². The second kappa shape index (κ2) is 10.8. The van der Waals surface area contributed by atoms with E-state index in [1.807, 2.05) is 0 Å². The van der Waals surface area contributed by atoms with Crippen molar-refractivity contribution in [3.8, 4) is 0 Å². The maximum Gasteiger partial charge on any atom is 0.330 e. The molecule has 0 saturated heterocycles. The number of unbranched alkanes of at least 4 members (excludes halogenated alkanes) is 1. The molecule has 4 nitrogen and oxygen atoms in total. The quantitative estimate of drug-likeness (QED) is 0.294. The van der Waals surface area contributed by atoms with Crippen LogP contribution in [0.15, 0.2) is 25.1 Å². The Hall–Kier alpha value is -1.30. The second-order valence-electron chi connectivity index (χ2n) is 3.74. The number of nitrogens with zero attached hydrogens (tertiary/aromatic N) is 2. The fourth-order valence-electron chi connectivity index (χ4n) is 1.52. The molecule has 0 spiro atoms. The summed E-state index contributed by atoms with van der Waals surface area (Å²) in [5.74, 6) is -0.335. The first-order chi connectivity index (χ1) is 8.76. The van der Waals surface area contributed by atoms with Crippen LogP contribution in [0.1, 0.15) is 19.8 Å². The molecule has 0 atom stereocenters. The molecule has 0 N–H and O–H groups in total. The zero-order valence-electron chi connectivity index (χ0n) is 12.3. The molecule has 18 heavy (non-hydrogen) atoms. The van der Waals surface area contributed by atoms with Gasteiger partial charge in [0.15, 0.2) is 0 Å². The lowest BCUT2D eigenvalue weighted by Crippen LogP contribution is -2.25. The summed E-state index contributed by atoms with van der Waals surface area (Å²) in [5, 5.41) is 0. The summed E-state index contributed by atoms with van der Waals surface area (Å²) in [4.78, 5) is 15.3. The number of carbonyl (C=O) groups is 1. The van der Waals surface area contributed by atoms with Crippen molar-refractivity contribution in [2.75, 3.05) is 26.4 Å². The van der Waals surface area contributed by atoms with E-state index in [1.165, 1.54) is 6.08 Å². The van der Waals surface area contributed by atoms with Crippen molar-refractivity contribution in [3.63, 3.8) is 0 Å². The molecule has 0 aromatic carbocycles. The zero-order valence-corrected chi connectivity index (χ0v) is 13.3. The summed E-state index contributed by atoms with van der Waals surface area (Å²) < 4.78 is 17.9. The van der Waals surface area contributed by atoms with Gasteiger partial charge in [0.25, 0.3) is 1.45 Å². The zero-order chi connectivity index (χ0) is 13.8. The number of halogens is 1. The second-order valence-corrected chi connectivity index (χ2v) is 3.74. The SMILES string of the molecule is C=CC(=O)OCCCCN1C=CN(CC)C1.[3H]F.[SiH3-]. The van der Waals surface area contributed by atoms with Crippen molar-refractivity contribution in [2.45, 2.75) is 19.8 Å². The molecule has 0 radical (unpaired) electrons. The van der Waals surface area contributed by atoms with Gasteiger partial charge in [-0.25, -0.2) is 4.79 Å². The molecule has 0 fully saturated rings. The van der Waals surface area contributed by atoms with Gasteiger partial charge in [-0.1, -0.05) is 6.58 Å². The van der Waals surface area contributed by atoms with E-state index >= 15 is 0 Å². The third-order valence-corrected chi connectivity index (χ3v) is 2.51. The van der Waals surface area contributed by atoms with Gasteiger partial charge in [-0.05, 0) is 19.8 Å². The molecule has 0 amide bonds. The van der Waals surface area contributed by atoms with E-state index in [1.54, 1.807) is 0 Å². The number of esters is 1. The number of ether oxygens (including phenoxy) is 1. The molecule has 1 aliphatic heterocycles. The first-order valence-corrected chi connectivity index (χ1v) is 5.72. The van der Waals surface area contributed by atoms with Crippen molar-refractivity contribution in [1.29, 1.82) is 1.45 Å². The molecule has 0 bridgehead atoms. The monoisotopic (exact) mass is 277 g/mol. The van der Waals surface area contributed by atoms with Gasteiger partial charge < -0.3 is 25.5 Å². The molecule has 0 unspecified atom stereocenters. The molecule has 1 heterocycles. The van der Waals surface area contributed by atoms with Crippen molar-refractivity contribution in [3.05, 3.63) is 25.1 Å². The van der Waals surface area contributed by atoms with Crippen LogP contribution in [0.4, 0.5) is 4.72 Å². The Labute approximate surface area is 114 Å². The molecular formula is C12H24FN2O2Si-. The Morgan fingerprint density at radius 2 is 2.17 bits per heavy atom. The summed E-state index contributed by atoms with van der Waals surface area (Å²) in [6.45, 7) is 9.00. The highest BCUT2D eigenvalue weighted by atomic mass is 28.1. The third kappa shape index (κ3) is 7.11. The Balaban J connectivity index is 0. The summed E-state index contributed by atoms with van der Waals surface area (Å²) >= 11 is 0. The van der Waals surface area contributed by atoms with Crippen LogP contribution < -0.4 is 0 Å². The lowest BCUT2D eigenvalue weighted by atomic mass is 10.3. The minimum absolute atomic E-state index is 0. The van der Waals surface area contributed by atoms with E-state index in [4.69, 9.17) is 9.45 Å². The Kier molecular flexibility index (Phi) is 10.0. The van der Waals surface area contributed by atoms with Crippen molar-refractivity contribution < 1.29 is 14.2 Å².